The molecule has 0 saturated carbocycles. The fourth-order valence-corrected chi connectivity index (χ4v) is 1.48. The summed E-state index contributed by atoms with van der Waals surface area (Å²) in [4.78, 5) is 12.1. The third kappa shape index (κ3) is 3.86. The number of carbonyl (C=O) groups is 1. The first-order valence-corrected chi connectivity index (χ1v) is 5.95. The topological polar surface area (TPSA) is 35.5 Å². The fraction of sp³-hybridized carbons (Fsp3) is 0.500. The largest absolute Gasteiger partial charge is 0.490 e. The minimum Gasteiger partial charge on any atom is -0.490 e. The molecule has 0 fully saturated rings. The third-order valence-electron chi connectivity index (χ3n) is 2.76. The quantitative estimate of drug-likeness (QED) is 0.539. The first kappa shape index (κ1) is 13.7. The van der Waals surface area contributed by atoms with Gasteiger partial charge in [-0.3, -0.25) is 4.79 Å². The molecule has 0 heterocycles. The summed E-state index contributed by atoms with van der Waals surface area (Å²) < 4.78 is 10.5. The van der Waals surface area contributed by atoms with Crippen molar-refractivity contribution in [2.45, 2.75) is 20.3 Å². The van der Waals surface area contributed by atoms with Crippen LogP contribution in [0.25, 0.3) is 0 Å². The van der Waals surface area contributed by atoms with E-state index < -0.39 is 0 Å². The Labute approximate surface area is 103 Å². The SMILES string of the molecule is CCC(C)C(=O)c1ccccc1OCCOC. The molecular formula is C14H20O3. The van der Waals surface area contributed by atoms with E-state index in [1.54, 1.807) is 7.11 Å². The number of Topliss-reactive ketones (excluding diaryl/α,β-unsaturated/α-hetero) is 1. The van der Waals surface area contributed by atoms with E-state index in [9.17, 15) is 4.79 Å². The average Bonchev–Trinajstić information content (AvgIpc) is 2.38. The summed E-state index contributed by atoms with van der Waals surface area (Å²) in [5, 5.41) is 0. The first-order valence-electron chi connectivity index (χ1n) is 5.95. The highest BCUT2D eigenvalue weighted by molar-refractivity contribution is 6.00. The predicted octanol–water partition coefficient (Wildman–Crippen LogP) is 2.94. The molecule has 1 aromatic rings. The zero-order valence-electron chi connectivity index (χ0n) is 10.7. The lowest BCUT2D eigenvalue weighted by Crippen LogP contribution is -2.13. The number of methoxy groups -OCH3 is 1. The summed E-state index contributed by atoms with van der Waals surface area (Å²) in [7, 11) is 1.62. The zero-order valence-corrected chi connectivity index (χ0v) is 10.7. The molecule has 1 aromatic carbocycles. The Bertz CT molecular complexity index is 360. The van der Waals surface area contributed by atoms with Crippen LogP contribution in [-0.2, 0) is 4.74 Å². The van der Waals surface area contributed by atoms with Gasteiger partial charge in [-0.15, -0.1) is 0 Å². The van der Waals surface area contributed by atoms with Gasteiger partial charge in [0.15, 0.2) is 5.78 Å². The summed E-state index contributed by atoms with van der Waals surface area (Å²) in [5.74, 6) is 0.817. The van der Waals surface area contributed by atoms with Crippen molar-refractivity contribution in [3.05, 3.63) is 29.8 Å². The number of ketones is 1. The van der Waals surface area contributed by atoms with E-state index in [4.69, 9.17) is 9.47 Å². The monoisotopic (exact) mass is 236 g/mol. The molecule has 0 aliphatic heterocycles. The van der Waals surface area contributed by atoms with Gasteiger partial charge in [0.2, 0.25) is 0 Å². The van der Waals surface area contributed by atoms with E-state index >= 15 is 0 Å². The van der Waals surface area contributed by atoms with E-state index in [1.807, 2.05) is 38.1 Å². The van der Waals surface area contributed by atoms with Gasteiger partial charge in [-0.05, 0) is 18.6 Å². The van der Waals surface area contributed by atoms with Crippen LogP contribution in [0.1, 0.15) is 30.6 Å². The molecule has 0 aliphatic rings. The van der Waals surface area contributed by atoms with E-state index in [2.05, 4.69) is 0 Å². The number of para-hydroxylation sites is 1. The van der Waals surface area contributed by atoms with E-state index in [0.717, 1.165) is 6.42 Å². The zero-order chi connectivity index (χ0) is 12.7. The van der Waals surface area contributed by atoms with Gasteiger partial charge >= 0.3 is 0 Å². The summed E-state index contributed by atoms with van der Waals surface area (Å²) >= 11 is 0. The Balaban J connectivity index is 2.80. The van der Waals surface area contributed by atoms with Crippen molar-refractivity contribution < 1.29 is 14.3 Å². The van der Waals surface area contributed by atoms with Crippen molar-refractivity contribution >= 4 is 5.78 Å². The second-order valence-corrected chi connectivity index (χ2v) is 4.01. The highest BCUT2D eigenvalue weighted by Crippen LogP contribution is 2.22. The van der Waals surface area contributed by atoms with Gasteiger partial charge in [-0.2, -0.15) is 0 Å². The maximum absolute atomic E-state index is 12.1. The van der Waals surface area contributed by atoms with Gasteiger partial charge < -0.3 is 9.47 Å². The Hall–Kier alpha value is -1.35. The van der Waals surface area contributed by atoms with Crippen molar-refractivity contribution in [2.24, 2.45) is 5.92 Å². The van der Waals surface area contributed by atoms with Crippen molar-refractivity contribution in [3.8, 4) is 5.75 Å². The van der Waals surface area contributed by atoms with E-state index in [-0.39, 0.29) is 11.7 Å². The number of hydrogen-bond acceptors (Lipinski definition) is 3. The number of carbonyl (C=O) groups excluding carboxylic acids is 1. The van der Waals surface area contributed by atoms with Crippen LogP contribution in [0.5, 0.6) is 5.75 Å². The second-order valence-electron chi connectivity index (χ2n) is 4.01. The molecule has 1 atom stereocenters. The fourth-order valence-electron chi connectivity index (χ4n) is 1.48. The molecule has 17 heavy (non-hydrogen) atoms. The van der Waals surface area contributed by atoms with Gasteiger partial charge in [0.05, 0.1) is 12.2 Å². The maximum atomic E-state index is 12.1. The Morgan fingerprint density at radius 1 is 1.29 bits per heavy atom. The standard InChI is InChI=1S/C14H20O3/c1-4-11(2)14(15)12-7-5-6-8-13(12)17-10-9-16-3/h5-8,11H,4,9-10H2,1-3H3. The number of rotatable bonds is 7. The molecule has 0 aromatic heterocycles. The molecule has 0 spiro atoms. The van der Waals surface area contributed by atoms with Gasteiger partial charge in [-0.25, -0.2) is 0 Å². The van der Waals surface area contributed by atoms with Crippen molar-refractivity contribution in [3.63, 3.8) is 0 Å². The number of hydrogen-bond donors (Lipinski definition) is 0. The summed E-state index contributed by atoms with van der Waals surface area (Å²) in [6.07, 6.45) is 0.839. The molecule has 0 aliphatic carbocycles. The Morgan fingerprint density at radius 3 is 2.65 bits per heavy atom. The van der Waals surface area contributed by atoms with E-state index in [0.29, 0.717) is 24.5 Å². The Morgan fingerprint density at radius 2 is 2.00 bits per heavy atom. The highest BCUT2D eigenvalue weighted by Gasteiger charge is 2.17. The van der Waals surface area contributed by atoms with Crippen LogP contribution in [0.4, 0.5) is 0 Å². The highest BCUT2D eigenvalue weighted by atomic mass is 16.5. The van der Waals surface area contributed by atoms with Gasteiger partial charge in [-0.1, -0.05) is 26.0 Å². The lowest BCUT2D eigenvalue weighted by atomic mass is 9.96. The van der Waals surface area contributed by atoms with Crippen LogP contribution in [0.15, 0.2) is 24.3 Å². The van der Waals surface area contributed by atoms with Crippen LogP contribution in [0.3, 0.4) is 0 Å². The predicted molar refractivity (Wildman–Crippen MR) is 67.6 cm³/mol. The molecule has 94 valence electrons. The van der Waals surface area contributed by atoms with Crippen LogP contribution in [0.2, 0.25) is 0 Å². The molecule has 3 heteroatoms. The molecule has 0 radical (unpaired) electrons. The van der Waals surface area contributed by atoms with Crippen LogP contribution >= 0.6 is 0 Å². The normalized spacial score (nSPS) is 12.2. The molecule has 0 saturated heterocycles. The lowest BCUT2D eigenvalue weighted by Gasteiger charge is -2.13. The first-order chi connectivity index (χ1) is 8.20. The molecule has 0 bridgehead atoms. The van der Waals surface area contributed by atoms with Crippen molar-refractivity contribution in [1.82, 2.24) is 0 Å². The van der Waals surface area contributed by atoms with Crippen molar-refractivity contribution in [1.29, 1.82) is 0 Å². The molecule has 0 N–H and O–H groups in total. The van der Waals surface area contributed by atoms with Crippen LogP contribution < -0.4 is 4.74 Å². The molecule has 0 amide bonds. The van der Waals surface area contributed by atoms with Crippen molar-refractivity contribution in [2.75, 3.05) is 20.3 Å². The summed E-state index contributed by atoms with van der Waals surface area (Å²) in [5.41, 5.74) is 0.665. The number of ether oxygens (including phenoxy) is 2. The molecular weight excluding hydrogens is 216 g/mol. The third-order valence-corrected chi connectivity index (χ3v) is 2.76. The summed E-state index contributed by atoms with van der Waals surface area (Å²) in [6.45, 7) is 4.93. The minimum absolute atomic E-state index is 0.0298. The van der Waals surface area contributed by atoms with Crippen LogP contribution in [0, 0.1) is 5.92 Å². The Kier molecular flexibility index (Phi) is 5.70. The molecule has 3 nitrogen and oxygen atoms in total. The minimum atomic E-state index is 0.0298. The van der Waals surface area contributed by atoms with Gasteiger partial charge in [0, 0.05) is 13.0 Å². The molecule has 1 unspecified atom stereocenters. The lowest BCUT2D eigenvalue weighted by molar-refractivity contribution is 0.0919. The second kappa shape index (κ2) is 7.07. The van der Waals surface area contributed by atoms with Gasteiger partial charge in [0.1, 0.15) is 12.4 Å². The summed E-state index contributed by atoms with van der Waals surface area (Å²) in [6, 6.07) is 7.37. The van der Waals surface area contributed by atoms with Crippen LogP contribution in [-0.4, -0.2) is 26.1 Å². The maximum Gasteiger partial charge on any atom is 0.169 e. The molecule has 1 rings (SSSR count). The smallest absolute Gasteiger partial charge is 0.169 e. The van der Waals surface area contributed by atoms with Gasteiger partial charge in [0.25, 0.3) is 0 Å². The number of benzene rings is 1. The van der Waals surface area contributed by atoms with E-state index in [1.165, 1.54) is 0 Å². The average molecular weight is 236 g/mol.